The Morgan fingerprint density at radius 3 is 2.36 bits per heavy atom. The summed E-state index contributed by atoms with van der Waals surface area (Å²) in [4.78, 5) is 38.2. The van der Waals surface area contributed by atoms with E-state index in [9.17, 15) is 19.5 Å². The van der Waals surface area contributed by atoms with E-state index in [1.165, 1.54) is 23.3 Å². The SMILES string of the molecule is CN(C)C(=O)c1cccc([N-]c2c(NC(c3ccccc3)c3ccco3)c(=O)c2=O)c1O.[Li+]. The number of hydrogen-bond acceptors (Lipinski definition) is 6. The fourth-order valence-corrected chi connectivity index (χ4v) is 3.34. The van der Waals surface area contributed by atoms with Crippen LogP contribution < -0.4 is 35.0 Å². The minimum absolute atomic E-state index is 0. The van der Waals surface area contributed by atoms with Gasteiger partial charge in [-0.2, -0.15) is 0 Å². The standard InChI is InChI=1S/C24H21N3O5.Li/c1-27(2)24(31)15-10-6-11-16(21(15)28)25-19-20(23(30)22(19)29)26-18(17-12-7-13-32-17)14-8-4-3-5-9-14;/h3-13,18H,1-2H3,(H3,25,26,28,29,30,31);/q;+1/p-1. The monoisotopic (exact) mass is 437 g/mol. The molecule has 2 N–H and O–H groups in total. The van der Waals surface area contributed by atoms with Crippen molar-refractivity contribution < 1.29 is 33.2 Å². The van der Waals surface area contributed by atoms with Gasteiger partial charge in [0.1, 0.15) is 17.6 Å². The smallest absolute Gasteiger partial charge is 0.650 e. The van der Waals surface area contributed by atoms with Crippen LogP contribution in [0.3, 0.4) is 0 Å². The quantitative estimate of drug-likeness (QED) is 0.327. The number of phenols is 1. The van der Waals surface area contributed by atoms with Gasteiger partial charge < -0.3 is 25.1 Å². The van der Waals surface area contributed by atoms with Crippen LogP contribution in [-0.4, -0.2) is 30.0 Å². The van der Waals surface area contributed by atoms with Gasteiger partial charge in [-0.3, -0.25) is 14.4 Å². The molecule has 0 fully saturated rings. The Balaban J connectivity index is 0.00000306. The molecule has 4 aromatic rings. The van der Waals surface area contributed by atoms with Crippen LogP contribution in [0.1, 0.15) is 27.7 Å². The maximum atomic E-state index is 12.4. The third-order valence-electron chi connectivity index (χ3n) is 5.02. The molecule has 0 radical (unpaired) electrons. The van der Waals surface area contributed by atoms with E-state index in [1.807, 2.05) is 30.3 Å². The van der Waals surface area contributed by atoms with E-state index in [4.69, 9.17) is 4.42 Å². The molecule has 0 saturated heterocycles. The fraction of sp³-hybridized carbons (Fsp3) is 0.125. The van der Waals surface area contributed by atoms with Crippen molar-refractivity contribution >= 4 is 23.0 Å². The van der Waals surface area contributed by atoms with Gasteiger partial charge in [-0.15, -0.1) is 0 Å². The van der Waals surface area contributed by atoms with Crippen LogP contribution in [0, 0.1) is 0 Å². The first-order valence-corrected chi connectivity index (χ1v) is 9.82. The summed E-state index contributed by atoms with van der Waals surface area (Å²) < 4.78 is 5.52. The zero-order valence-corrected chi connectivity index (χ0v) is 18.4. The number of carbonyl (C=O) groups excluding carboxylic acids is 1. The summed E-state index contributed by atoms with van der Waals surface area (Å²) in [5.41, 5.74) is -0.706. The third kappa shape index (κ3) is 4.58. The molecule has 0 bridgehead atoms. The van der Waals surface area contributed by atoms with Gasteiger partial charge in [0.25, 0.3) is 5.91 Å². The molecule has 1 amide bonds. The first kappa shape index (κ1) is 23.9. The van der Waals surface area contributed by atoms with Crippen molar-refractivity contribution in [3.05, 3.63) is 110 Å². The molecule has 162 valence electrons. The Morgan fingerprint density at radius 2 is 1.73 bits per heavy atom. The molecular weight excluding hydrogens is 417 g/mol. The summed E-state index contributed by atoms with van der Waals surface area (Å²) >= 11 is 0. The van der Waals surface area contributed by atoms with Crippen molar-refractivity contribution in [2.24, 2.45) is 0 Å². The Morgan fingerprint density at radius 1 is 1.00 bits per heavy atom. The van der Waals surface area contributed by atoms with E-state index in [-0.39, 0.29) is 47.2 Å². The second-order valence-electron chi connectivity index (χ2n) is 7.37. The van der Waals surface area contributed by atoms with E-state index in [0.29, 0.717) is 5.76 Å². The molecule has 0 saturated carbocycles. The first-order valence-electron chi connectivity index (χ1n) is 9.82. The van der Waals surface area contributed by atoms with Gasteiger partial charge in [0.05, 0.1) is 17.5 Å². The summed E-state index contributed by atoms with van der Waals surface area (Å²) in [6, 6.07) is 16.7. The predicted octanol–water partition coefficient (Wildman–Crippen LogP) is 0.825. The van der Waals surface area contributed by atoms with Crippen LogP contribution in [0.15, 0.2) is 80.9 Å². The van der Waals surface area contributed by atoms with Crippen LogP contribution in [-0.2, 0) is 0 Å². The van der Waals surface area contributed by atoms with E-state index in [2.05, 4.69) is 10.6 Å². The molecule has 1 unspecified atom stereocenters. The van der Waals surface area contributed by atoms with Gasteiger partial charge in [-0.25, -0.2) is 0 Å². The van der Waals surface area contributed by atoms with Gasteiger partial charge in [0, 0.05) is 14.1 Å². The first-order chi connectivity index (χ1) is 15.4. The van der Waals surface area contributed by atoms with Crippen molar-refractivity contribution in [2.45, 2.75) is 6.04 Å². The molecule has 0 aliphatic heterocycles. The summed E-state index contributed by atoms with van der Waals surface area (Å²) in [5.74, 6) is -0.225. The van der Waals surface area contributed by atoms with Gasteiger partial charge in [0.2, 0.25) is 10.9 Å². The second-order valence-corrected chi connectivity index (χ2v) is 7.37. The molecule has 0 aliphatic rings. The van der Waals surface area contributed by atoms with Crippen LogP contribution in [0.5, 0.6) is 5.75 Å². The van der Waals surface area contributed by atoms with E-state index in [0.717, 1.165) is 5.56 Å². The van der Waals surface area contributed by atoms with Crippen molar-refractivity contribution in [1.29, 1.82) is 0 Å². The molecule has 4 rings (SSSR count). The number of rotatable bonds is 7. The topological polar surface area (TPSA) is 114 Å². The maximum absolute atomic E-state index is 12.4. The molecule has 8 nitrogen and oxygen atoms in total. The summed E-state index contributed by atoms with van der Waals surface area (Å²) in [6.07, 6.45) is 1.52. The van der Waals surface area contributed by atoms with Crippen molar-refractivity contribution in [2.75, 3.05) is 19.4 Å². The Kier molecular flexibility index (Phi) is 7.12. The average molecular weight is 437 g/mol. The zero-order valence-electron chi connectivity index (χ0n) is 18.4. The fourth-order valence-electron chi connectivity index (χ4n) is 3.34. The number of para-hydroxylation sites is 1. The van der Waals surface area contributed by atoms with Gasteiger partial charge in [0.15, 0.2) is 0 Å². The predicted molar refractivity (Wildman–Crippen MR) is 121 cm³/mol. The van der Waals surface area contributed by atoms with Gasteiger partial charge in [-0.05, 0) is 23.8 Å². The number of benzene rings is 2. The molecule has 1 atom stereocenters. The van der Waals surface area contributed by atoms with Gasteiger partial charge in [-0.1, -0.05) is 53.8 Å². The zero-order chi connectivity index (χ0) is 22.8. The molecule has 9 heteroatoms. The second kappa shape index (κ2) is 9.82. The van der Waals surface area contributed by atoms with E-state index < -0.39 is 22.8 Å². The Hall–Kier alpha value is -3.73. The van der Waals surface area contributed by atoms with Crippen molar-refractivity contribution in [3.8, 4) is 5.75 Å². The minimum Gasteiger partial charge on any atom is -0.650 e. The minimum atomic E-state index is -0.775. The molecule has 0 spiro atoms. The van der Waals surface area contributed by atoms with Crippen molar-refractivity contribution in [3.63, 3.8) is 0 Å². The largest absolute Gasteiger partial charge is 1.00 e. The molecule has 1 aromatic heterocycles. The van der Waals surface area contributed by atoms with E-state index in [1.54, 1.807) is 32.3 Å². The van der Waals surface area contributed by atoms with E-state index >= 15 is 0 Å². The number of furan rings is 1. The molecule has 0 aliphatic carbocycles. The number of aromatic hydroxyl groups is 1. The Labute approximate surface area is 201 Å². The normalized spacial score (nSPS) is 11.5. The number of nitrogens with zero attached hydrogens (tertiary/aromatic N) is 2. The van der Waals surface area contributed by atoms with Gasteiger partial charge >= 0.3 is 18.9 Å². The summed E-state index contributed by atoms with van der Waals surface area (Å²) in [6.45, 7) is 0. The number of amides is 1. The van der Waals surface area contributed by atoms with Crippen LogP contribution in [0.4, 0.5) is 17.1 Å². The summed E-state index contributed by atoms with van der Waals surface area (Å²) in [7, 11) is 3.12. The Bertz CT molecular complexity index is 1330. The molecular formula is C24H20LiN3O5. The number of anilines is 1. The van der Waals surface area contributed by atoms with Crippen LogP contribution in [0.25, 0.3) is 5.32 Å². The van der Waals surface area contributed by atoms with Crippen molar-refractivity contribution in [1.82, 2.24) is 4.90 Å². The average Bonchev–Trinajstić information content (AvgIpc) is 3.34. The maximum Gasteiger partial charge on any atom is 1.00 e. The number of carbonyl (C=O) groups is 1. The number of phenolic OH excluding ortho intramolecular Hbond substituents is 1. The summed E-state index contributed by atoms with van der Waals surface area (Å²) in [5, 5.41) is 17.8. The molecule has 3 aromatic carbocycles. The number of hydrogen-bond donors (Lipinski definition) is 2. The van der Waals surface area contributed by atoms with Crippen LogP contribution in [0.2, 0.25) is 0 Å². The van der Waals surface area contributed by atoms with Crippen LogP contribution >= 0.6 is 0 Å². The molecule has 1 heterocycles. The number of nitrogens with one attached hydrogen (secondary N) is 1. The third-order valence-corrected chi connectivity index (χ3v) is 5.02. The molecule has 33 heavy (non-hydrogen) atoms.